The van der Waals surface area contributed by atoms with Gasteiger partial charge in [0, 0.05) is 17.1 Å². The second-order valence-corrected chi connectivity index (χ2v) is 10.8. The molecule has 1 aromatic carbocycles. The van der Waals surface area contributed by atoms with E-state index >= 15 is 0 Å². The van der Waals surface area contributed by atoms with E-state index in [1.807, 2.05) is 13.8 Å². The number of aromatic hydroxyl groups is 1. The minimum Gasteiger partial charge on any atom is -0.510 e. The van der Waals surface area contributed by atoms with Crippen LogP contribution in [0.2, 0.25) is 0 Å². The molecule has 1 amide bonds. The van der Waals surface area contributed by atoms with Crippen LogP contribution in [0.4, 0.5) is 0 Å². The molecule has 3 aliphatic rings. The molecule has 11 heteroatoms. The lowest BCUT2D eigenvalue weighted by atomic mass is 9.58. The average Bonchev–Trinajstić information content (AvgIpc) is 2.80. The monoisotopic (exact) mass is 527 g/mol. The molecule has 0 bridgehead atoms. The fraction of sp³-hybridized carbons (Fsp3) is 0.481. The van der Waals surface area contributed by atoms with E-state index in [1.165, 1.54) is 11.0 Å². The van der Waals surface area contributed by atoms with Crippen molar-refractivity contribution in [1.29, 1.82) is 0 Å². The first-order valence-electron chi connectivity index (χ1n) is 12.4. The number of carbonyl (C=O) groups excluding carboxylic acids is 3. The smallest absolute Gasteiger partial charge is 0.255 e. The number of aliphatic hydroxyl groups excluding tert-OH is 2. The lowest BCUT2D eigenvalue weighted by Crippen LogP contribution is -2.63. The molecule has 0 spiro atoms. The number of nitrogens with two attached hydrogens (primary N) is 1. The molecule has 38 heavy (non-hydrogen) atoms. The van der Waals surface area contributed by atoms with Gasteiger partial charge < -0.3 is 31.0 Å². The fourth-order valence-electron chi connectivity index (χ4n) is 5.92. The number of allylic oxidation sites excluding steroid dienone is 1. The molecule has 0 heterocycles. The van der Waals surface area contributed by atoms with Crippen molar-refractivity contribution >= 4 is 23.2 Å². The summed E-state index contributed by atoms with van der Waals surface area (Å²) in [6.07, 6.45) is 0.191. The molecule has 0 aromatic heterocycles. The Labute approximate surface area is 219 Å². The van der Waals surface area contributed by atoms with Crippen LogP contribution in [0.25, 0.3) is 0 Å². The van der Waals surface area contributed by atoms with Gasteiger partial charge in [0.1, 0.15) is 29.4 Å². The summed E-state index contributed by atoms with van der Waals surface area (Å²) in [6.45, 7) is 6.07. The van der Waals surface area contributed by atoms with Crippen molar-refractivity contribution in [2.75, 3.05) is 20.7 Å². The quantitative estimate of drug-likeness (QED) is 0.208. The number of oxime groups is 1. The number of hydrogen-bond acceptors (Lipinski definition) is 10. The molecule has 11 nitrogen and oxygen atoms in total. The lowest BCUT2D eigenvalue weighted by molar-refractivity contribution is -0.148. The molecule has 0 radical (unpaired) electrons. The van der Waals surface area contributed by atoms with Crippen LogP contribution in [-0.2, 0) is 20.8 Å². The lowest BCUT2D eigenvalue weighted by Gasteiger charge is -2.50. The summed E-state index contributed by atoms with van der Waals surface area (Å²) in [4.78, 5) is 46.1. The van der Waals surface area contributed by atoms with Crippen molar-refractivity contribution in [3.63, 3.8) is 0 Å². The van der Waals surface area contributed by atoms with Gasteiger partial charge in [-0.1, -0.05) is 19.0 Å². The van der Waals surface area contributed by atoms with E-state index in [0.29, 0.717) is 23.4 Å². The highest BCUT2D eigenvalue weighted by Gasteiger charge is 2.63. The van der Waals surface area contributed by atoms with Gasteiger partial charge in [0.2, 0.25) is 5.78 Å². The van der Waals surface area contributed by atoms with Crippen molar-refractivity contribution in [3.05, 3.63) is 51.5 Å². The summed E-state index contributed by atoms with van der Waals surface area (Å²) < 4.78 is 0. The zero-order valence-corrected chi connectivity index (χ0v) is 22.0. The Balaban J connectivity index is 1.88. The summed E-state index contributed by atoms with van der Waals surface area (Å²) in [7, 11) is 3.17. The van der Waals surface area contributed by atoms with Crippen molar-refractivity contribution in [2.24, 2.45) is 28.6 Å². The van der Waals surface area contributed by atoms with Crippen molar-refractivity contribution in [3.8, 4) is 5.75 Å². The number of hydrogen-bond donors (Lipinski definition) is 5. The van der Waals surface area contributed by atoms with Gasteiger partial charge >= 0.3 is 0 Å². The van der Waals surface area contributed by atoms with E-state index in [9.17, 15) is 34.8 Å². The van der Waals surface area contributed by atoms with E-state index < -0.39 is 58.0 Å². The number of nitrogens with zero attached hydrogens (tertiary/aromatic N) is 2. The minimum absolute atomic E-state index is 0.0148. The van der Waals surface area contributed by atoms with Crippen LogP contribution in [-0.4, -0.2) is 80.9 Å². The summed E-state index contributed by atoms with van der Waals surface area (Å²) >= 11 is 0. The predicted octanol–water partition coefficient (Wildman–Crippen LogP) is 1.52. The SMILES string of the molecule is C/C(=N/OCC(C)C)c1ccc(O)c2c1CC1CC3C(N(C)C)C(O)=C(C(N)=O)C(=O)C3(O)C(O)=C1C2=O. The maximum absolute atomic E-state index is 13.7. The fourth-order valence-corrected chi connectivity index (χ4v) is 5.92. The number of Topliss-reactive ketones (excluding diaryl/α,β-unsaturated/α-hetero) is 2. The summed E-state index contributed by atoms with van der Waals surface area (Å²) in [6, 6.07) is 1.93. The van der Waals surface area contributed by atoms with Crippen LogP contribution in [0.1, 0.15) is 48.7 Å². The summed E-state index contributed by atoms with van der Waals surface area (Å²) in [5.41, 5.74) is 3.14. The highest BCUT2D eigenvalue weighted by atomic mass is 16.6. The highest BCUT2D eigenvalue weighted by Crippen LogP contribution is 2.52. The summed E-state index contributed by atoms with van der Waals surface area (Å²) in [5, 5.41) is 48.6. The first-order chi connectivity index (χ1) is 17.7. The van der Waals surface area contributed by atoms with Crippen LogP contribution in [0.3, 0.4) is 0 Å². The van der Waals surface area contributed by atoms with Crippen molar-refractivity contribution in [1.82, 2.24) is 4.90 Å². The maximum Gasteiger partial charge on any atom is 0.255 e. The van der Waals surface area contributed by atoms with Gasteiger partial charge in [0.05, 0.1) is 17.3 Å². The molecular weight excluding hydrogens is 494 g/mol. The Morgan fingerprint density at radius 3 is 2.47 bits per heavy atom. The third-order valence-corrected chi connectivity index (χ3v) is 7.61. The average molecular weight is 528 g/mol. The number of fused-ring (bicyclic) bond motifs is 3. The van der Waals surface area contributed by atoms with Crippen LogP contribution < -0.4 is 5.73 Å². The number of rotatable bonds is 6. The predicted molar refractivity (Wildman–Crippen MR) is 137 cm³/mol. The van der Waals surface area contributed by atoms with Crippen LogP contribution >= 0.6 is 0 Å². The Morgan fingerprint density at radius 1 is 1.24 bits per heavy atom. The number of aliphatic hydroxyl groups is 3. The molecule has 1 aromatic rings. The molecule has 0 aliphatic heterocycles. The molecule has 0 saturated carbocycles. The van der Waals surface area contributed by atoms with E-state index in [1.54, 1.807) is 27.1 Å². The number of ketones is 2. The van der Waals surface area contributed by atoms with Crippen LogP contribution in [0.5, 0.6) is 5.75 Å². The molecule has 3 aliphatic carbocycles. The largest absolute Gasteiger partial charge is 0.510 e. The Kier molecular flexibility index (Phi) is 6.87. The number of carbonyl (C=O) groups is 3. The number of likely N-dealkylation sites (N-methyl/N-ethyl adjacent to an activating group) is 1. The molecule has 4 atom stereocenters. The molecular formula is C27H33N3O8. The van der Waals surface area contributed by atoms with E-state index in [2.05, 4.69) is 5.16 Å². The minimum atomic E-state index is -2.67. The van der Waals surface area contributed by atoms with Crippen LogP contribution in [0, 0.1) is 17.8 Å². The number of benzene rings is 1. The van der Waals surface area contributed by atoms with Crippen molar-refractivity contribution in [2.45, 2.75) is 45.3 Å². The van der Waals surface area contributed by atoms with E-state index in [0.717, 1.165) is 0 Å². The van der Waals surface area contributed by atoms with E-state index in [-0.39, 0.29) is 35.6 Å². The molecule has 204 valence electrons. The highest BCUT2D eigenvalue weighted by molar-refractivity contribution is 6.25. The maximum atomic E-state index is 13.7. The molecule has 6 N–H and O–H groups in total. The molecule has 0 saturated heterocycles. The molecule has 4 unspecified atom stereocenters. The van der Waals surface area contributed by atoms with E-state index in [4.69, 9.17) is 10.6 Å². The zero-order valence-electron chi connectivity index (χ0n) is 22.0. The van der Waals surface area contributed by atoms with Gasteiger partial charge in [0.25, 0.3) is 5.91 Å². The number of amides is 1. The standard InChI is InChI=1S/C27H33N3O8/c1-11(2)10-38-29-12(3)14-6-7-17(31)19-15(14)8-13-9-16-21(30(4)5)23(33)20(26(28)36)25(35)27(16,37)24(34)18(13)22(19)32/h6-7,11,13,16,21,31,33-34,37H,8-10H2,1-5H3,(H2,28,36)/b29-12-. The van der Waals surface area contributed by atoms with Crippen molar-refractivity contribution < 1.29 is 39.6 Å². The normalized spacial score (nSPS) is 27.5. The zero-order chi connectivity index (χ0) is 28.3. The first kappa shape index (κ1) is 27.3. The Bertz CT molecular complexity index is 1330. The molecule has 0 fully saturated rings. The van der Waals surface area contributed by atoms with Gasteiger partial charge in [-0.25, -0.2) is 0 Å². The van der Waals surface area contributed by atoms with Gasteiger partial charge in [0.15, 0.2) is 11.4 Å². The molecule has 4 rings (SSSR count). The first-order valence-corrected chi connectivity index (χ1v) is 12.4. The Morgan fingerprint density at radius 2 is 1.89 bits per heavy atom. The Hall–Kier alpha value is -3.70. The second-order valence-electron chi connectivity index (χ2n) is 10.8. The third-order valence-electron chi connectivity index (χ3n) is 7.61. The topological polar surface area (TPSA) is 183 Å². The number of primary amides is 1. The van der Waals surface area contributed by atoms with Gasteiger partial charge in [-0.2, -0.15) is 0 Å². The third kappa shape index (κ3) is 3.97. The number of phenolic OH excluding ortho intramolecular Hbond substituents is 1. The van der Waals surface area contributed by atoms with Gasteiger partial charge in [-0.3, -0.25) is 19.3 Å². The van der Waals surface area contributed by atoms with Crippen LogP contribution in [0.15, 0.2) is 40.0 Å². The second kappa shape index (κ2) is 9.55. The number of phenols is 1. The van der Waals surface area contributed by atoms with Gasteiger partial charge in [-0.05, 0) is 63.4 Å². The summed E-state index contributed by atoms with van der Waals surface area (Å²) in [5.74, 6) is -6.60. The van der Waals surface area contributed by atoms with Gasteiger partial charge in [-0.15, -0.1) is 0 Å².